The zero-order valence-electron chi connectivity index (χ0n) is 12.1. The van der Waals surface area contributed by atoms with Gasteiger partial charge in [0.15, 0.2) is 0 Å². The molecule has 0 bridgehead atoms. The van der Waals surface area contributed by atoms with E-state index in [1.807, 2.05) is 0 Å². The number of ether oxygens (including phenoxy) is 1. The van der Waals surface area contributed by atoms with Crippen LogP contribution in [0.2, 0.25) is 0 Å². The van der Waals surface area contributed by atoms with Gasteiger partial charge >= 0.3 is 5.97 Å². The molecule has 0 aromatic carbocycles. The summed E-state index contributed by atoms with van der Waals surface area (Å²) in [4.78, 5) is 11.1. The fraction of sp³-hybridized carbons (Fsp3) is 0.688. The third kappa shape index (κ3) is 2.62. The summed E-state index contributed by atoms with van der Waals surface area (Å²) in [6, 6.07) is 0. The number of hydrogen-bond donors (Lipinski definition) is 1. The number of rotatable bonds is 3. The zero-order valence-corrected chi connectivity index (χ0v) is 12.1. The molecule has 0 aromatic heterocycles. The van der Waals surface area contributed by atoms with Crippen molar-refractivity contribution in [2.24, 2.45) is 17.3 Å². The highest BCUT2D eigenvalue weighted by atomic mass is 16.5. The molecule has 3 nitrogen and oxygen atoms in total. The van der Waals surface area contributed by atoms with Crippen molar-refractivity contribution < 1.29 is 14.6 Å². The molecule has 4 unspecified atom stereocenters. The molecule has 0 saturated heterocycles. The first-order valence-electron chi connectivity index (χ1n) is 7.00. The zero-order chi connectivity index (χ0) is 14.2. The number of allylic oxidation sites excluding steroid dienone is 1. The second-order valence-electron chi connectivity index (χ2n) is 6.40. The molecule has 1 saturated carbocycles. The van der Waals surface area contributed by atoms with E-state index < -0.39 is 5.97 Å². The number of carbonyl (C=O) groups is 1. The minimum Gasteiger partial charge on any atom is -0.478 e. The van der Waals surface area contributed by atoms with Gasteiger partial charge in [-0.1, -0.05) is 25.2 Å². The molecule has 2 rings (SSSR count). The lowest BCUT2D eigenvalue weighted by Crippen LogP contribution is -2.41. The molecule has 106 valence electrons. The molecule has 4 atom stereocenters. The summed E-state index contributed by atoms with van der Waals surface area (Å²) in [5.74, 6) is -0.257. The molecule has 1 fully saturated rings. The van der Waals surface area contributed by atoms with E-state index >= 15 is 0 Å². The Morgan fingerprint density at radius 1 is 1.58 bits per heavy atom. The predicted octanol–water partition coefficient (Wildman–Crippen LogP) is 3.41. The smallest absolute Gasteiger partial charge is 0.331 e. The van der Waals surface area contributed by atoms with E-state index in [0.29, 0.717) is 11.5 Å². The monoisotopic (exact) mass is 264 g/mol. The van der Waals surface area contributed by atoms with Gasteiger partial charge in [0.2, 0.25) is 0 Å². The first kappa shape index (κ1) is 14.3. The third-order valence-corrected chi connectivity index (χ3v) is 5.16. The van der Waals surface area contributed by atoms with Crippen molar-refractivity contribution in [3.63, 3.8) is 0 Å². The Labute approximate surface area is 115 Å². The maximum absolute atomic E-state index is 11.1. The molecule has 0 heterocycles. The van der Waals surface area contributed by atoms with E-state index in [1.165, 1.54) is 5.57 Å². The SMILES string of the molecule is C=C(C(=O)O)C1CCC2(C)CC(OC)C=C(C)C2C1. The highest BCUT2D eigenvalue weighted by Gasteiger charge is 2.45. The lowest BCUT2D eigenvalue weighted by Gasteiger charge is -2.49. The maximum atomic E-state index is 11.1. The summed E-state index contributed by atoms with van der Waals surface area (Å²) in [6.07, 6.45) is 6.36. The Morgan fingerprint density at radius 2 is 2.26 bits per heavy atom. The number of fused-ring (bicyclic) bond motifs is 1. The summed E-state index contributed by atoms with van der Waals surface area (Å²) in [5.41, 5.74) is 1.97. The van der Waals surface area contributed by atoms with Gasteiger partial charge in [-0.2, -0.15) is 0 Å². The molecule has 3 heteroatoms. The number of carboxylic acids is 1. The fourth-order valence-electron chi connectivity index (χ4n) is 3.92. The summed E-state index contributed by atoms with van der Waals surface area (Å²) < 4.78 is 5.50. The topological polar surface area (TPSA) is 46.5 Å². The van der Waals surface area contributed by atoms with Crippen molar-refractivity contribution in [3.8, 4) is 0 Å². The molecular weight excluding hydrogens is 240 g/mol. The van der Waals surface area contributed by atoms with Crippen LogP contribution in [0.5, 0.6) is 0 Å². The van der Waals surface area contributed by atoms with Crippen molar-refractivity contribution in [2.45, 2.75) is 45.6 Å². The van der Waals surface area contributed by atoms with Crippen molar-refractivity contribution in [1.29, 1.82) is 0 Å². The number of aliphatic carboxylic acids is 1. The molecular formula is C16H24O3. The van der Waals surface area contributed by atoms with Crippen LogP contribution >= 0.6 is 0 Å². The van der Waals surface area contributed by atoms with Crippen LogP contribution in [0.15, 0.2) is 23.8 Å². The fourth-order valence-corrected chi connectivity index (χ4v) is 3.92. The van der Waals surface area contributed by atoms with Gasteiger partial charge in [0.1, 0.15) is 0 Å². The largest absolute Gasteiger partial charge is 0.478 e. The molecule has 2 aliphatic carbocycles. The van der Waals surface area contributed by atoms with Crippen LogP contribution in [0.25, 0.3) is 0 Å². The van der Waals surface area contributed by atoms with E-state index in [4.69, 9.17) is 9.84 Å². The van der Waals surface area contributed by atoms with E-state index in [-0.39, 0.29) is 17.4 Å². The van der Waals surface area contributed by atoms with Gasteiger partial charge in [0, 0.05) is 12.7 Å². The second kappa shape index (κ2) is 5.12. The average Bonchev–Trinajstić information content (AvgIpc) is 2.36. The number of methoxy groups -OCH3 is 1. The maximum Gasteiger partial charge on any atom is 0.331 e. The molecule has 0 spiro atoms. The van der Waals surface area contributed by atoms with Gasteiger partial charge in [0.05, 0.1) is 6.10 Å². The Hall–Kier alpha value is -1.09. The van der Waals surface area contributed by atoms with Crippen LogP contribution in [-0.2, 0) is 9.53 Å². The van der Waals surface area contributed by atoms with Gasteiger partial charge in [-0.05, 0) is 49.9 Å². The third-order valence-electron chi connectivity index (χ3n) is 5.16. The molecule has 2 aliphatic rings. The van der Waals surface area contributed by atoms with Crippen LogP contribution in [0.3, 0.4) is 0 Å². The summed E-state index contributed by atoms with van der Waals surface area (Å²) in [7, 11) is 1.76. The molecule has 0 amide bonds. The van der Waals surface area contributed by atoms with E-state index in [2.05, 4.69) is 26.5 Å². The van der Waals surface area contributed by atoms with Gasteiger partial charge < -0.3 is 9.84 Å². The second-order valence-corrected chi connectivity index (χ2v) is 6.40. The Morgan fingerprint density at radius 3 is 2.84 bits per heavy atom. The van der Waals surface area contributed by atoms with Gasteiger partial charge in [-0.15, -0.1) is 0 Å². The van der Waals surface area contributed by atoms with Crippen LogP contribution in [0.1, 0.15) is 39.5 Å². The quantitative estimate of drug-likeness (QED) is 0.627. The Bertz CT molecular complexity index is 424. The van der Waals surface area contributed by atoms with Gasteiger partial charge in [-0.3, -0.25) is 0 Å². The van der Waals surface area contributed by atoms with Gasteiger partial charge in [0.25, 0.3) is 0 Å². The standard InChI is InChI=1S/C16H24O3/c1-10-7-13(19-4)9-16(3)6-5-12(8-14(10)16)11(2)15(17)18/h7,12-14H,2,5-6,8-9H2,1,3-4H3,(H,17,18). The van der Waals surface area contributed by atoms with E-state index in [9.17, 15) is 4.79 Å². The molecule has 0 radical (unpaired) electrons. The van der Waals surface area contributed by atoms with Crippen molar-refractivity contribution in [2.75, 3.05) is 7.11 Å². The van der Waals surface area contributed by atoms with Crippen molar-refractivity contribution in [1.82, 2.24) is 0 Å². The van der Waals surface area contributed by atoms with Crippen LogP contribution in [-0.4, -0.2) is 24.3 Å². The lowest BCUT2D eigenvalue weighted by molar-refractivity contribution is -0.133. The predicted molar refractivity (Wildman–Crippen MR) is 74.9 cm³/mol. The summed E-state index contributed by atoms with van der Waals surface area (Å²) >= 11 is 0. The van der Waals surface area contributed by atoms with E-state index in [1.54, 1.807) is 7.11 Å². The van der Waals surface area contributed by atoms with Crippen LogP contribution in [0.4, 0.5) is 0 Å². The number of hydrogen-bond acceptors (Lipinski definition) is 2. The minimum atomic E-state index is -0.846. The highest BCUT2D eigenvalue weighted by molar-refractivity contribution is 5.86. The minimum absolute atomic E-state index is 0.123. The van der Waals surface area contributed by atoms with Gasteiger partial charge in [-0.25, -0.2) is 4.79 Å². The Balaban J connectivity index is 2.19. The molecule has 19 heavy (non-hydrogen) atoms. The summed E-state index contributed by atoms with van der Waals surface area (Å²) in [6.45, 7) is 8.22. The van der Waals surface area contributed by atoms with Crippen LogP contribution < -0.4 is 0 Å². The molecule has 0 aliphatic heterocycles. The van der Waals surface area contributed by atoms with Crippen molar-refractivity contribution >= 4 is 5.97 Å². The average molecular weight is 264 g/mol. The Kier molecular flexibility index (Phi) is 3.86. The van der Waals surface area contributed by atoms with E-state index in [0.717, 1.165) is 25.7 Å². The summed E-state index contributed by atoms with van der Waals surface area (Å²) in [5, 5.41) is 9.11. The van der Waals surface area contributed by atoms with Crippen molar-refractivity contribution in [3.05, 3.63) is 23.8 Å². The normalized spacial score (nSPS) is 38.3. The number of carboxylic acid groups (broad SMARTS) is 1. The van der Waals surface area contributed by atoms with Crippen LogP contribution in [0, 0.1) is 17.3 Å². The first-order chi connectivity index (χ1) is 8.87. The highest BCUT2D eigenvalue weighted by Crippen LogP contribution is 2.53. The first-order valence-corrected chi connectivity index (χ1v) is 7.00. The molecule has 0 aromatic rings. The molecule has 1 N–H and O–H groups in total. The lowest BCUT2D eigenvalue weighted by atomic mass is 9.57.